The van der Waals surface area contributed by atoms with E-state index in [2.05, 4.69) is 10.6 Å². The van der Waals surface area contributed by atoms with Crippen LogP contribution in [0.25, 0.3) is 0 Å². The quantitative estimate of drug-likeness (QED) is 0.872. The molecule has 0 bridgehead atoms. The van der Waals surface area contributed by atoms with Crippen LogP contribution >= 0.6 is 0 Å². The van der Waals surface area contributed by atoms with Crippen molar-refractivity contribution < 1.29 is 19.1 Å². The van der Waals surface area contributed by atoms with Gasteiger partial charge in [-0.25, -0.2) is 0 Å². The lowest BCUT2D eigenvalue weighted by atomic mass is 9.92. The molecule has 0 unspecified atom stereocenters. The molecule has 3 atom stereocenters. The number of amides is 2. The normalized spacial score (nSPS) is 25.6. The second-order valence-electron chi connectivity index (χ2n) is 7.17. The molecule has 4 rings (SSSR count). The van der Waals surface area contributed by atoms with Gasteiger partial charge in [-0.05, 0) is 29.8 Å². The highest BCUT2D eigenvalue weighted by molar-refractivity contribution is 6.19. The molecule has 0 spiro atoms. The van der Waals surface area contributed by atoms with Gasteiger partial charge < -0.3 is 15.4 Å². The number of methoxy groups -OCH3 is 1. The lowest BCUT2D eigenvalue weighted by Crippen LogP contribution is -2.29. The number of rotatable bonds is 4. The Morgan fingerprint density at radius 1 is 1.19 bits per heavy atom. The van der Waals surface area contributed by atoms with E-state index < -0.39 is 17.3 Å². The predicted molar refractivity (Wildman–Crippen MR) is 99.3 cm³/mol. The van der Waals surface area contributed by atoms with Gasteiger partial charge in [0.25, 0.3) is 0 Å². The molecule has 138 valence electrons. The number of Topliss-reactive ketones (excluding diaryl/α,β-unsaturated/α-hetero) is 1. The number of carbonyl (C=O) groups excluding carboxylic acids is 3. The number of ether oxygens (including phenoxy) is 1. The first-order valence-corrected chi connectivity index (χ1v) is 8.82. The molecule has 1 aliphatic carbocycles. The maximum atomic E-state index is 13.0. The Morgan fingerprint density at radius 2 is 1.96 bits per heavy atom. The molecule has 2 aromatic rings. The fraction of sp³-hybridized carbons (Fsp3) is 0.286. The van der Waals surface area contributed by atoms with E-state index in [9.17, 15) is 14.4 Å². The van der Waals surface area contributed by atoms with Crippen molar-refractivity contribution in [2.45, 2.75) is 13.5 Å². The van der Waals surface area contributed by atoms with Crippen molar-refractivity contribution in [2.24, 2.45) is 17.3 Å². The SMILES string of the molecule is COc1cccc(CNC(=O)[C@@H]2[C@H]3C(=O)Nc4ccccc4C(=O)[C@]23C)c1. The van der Waals surface area contributed by atoms with Crippen molar-refractivity contribution in [3.05, 3.63) is 59.7 Å². The summed E-state index contributed by atoms with van der Waals surface area (Å²) in [5.74, 6) is -1.34. The van der Waals surface area contributed by atoms with Crippen LogP contribution in [0.3, 0.4) is 0 Å². The first-order chi connectivity index (χ1) is 13.0. The Hall–Kier alpha value is -3.15. The molecule has 0 saturated heterocycles. The van der Waals surface area contributed by atoms with Crippen LogP contribution in [0.1, 0.15) is 22.8 Å². The number of nitrogens with one attached hydrogen (secondary N) is 2. The summed E-state index contributed by atoms with van der Waals surface area (Å²) in [6.45, 7) is 2.01. The van der Waals surface area contributed by atoms with E-state index in [1.807, 2.05) is 24.3 Å². The van der Waals surface area contributed by atoms with Gasteiger partial charge in [-0.1, -0.05) is 31.2 Å². The monoisotopic (exact) mass is 364 g/mol. The van der Waals surface area contributed by atoms with Crippen molar-refractivity contribution in [3.63, 3.8) is 0 Å². The minimum absolute atomic E-state index is 0.164. The summed E-state index contributed by atoms with van der Waals surface area (Å²) < 4.78 is 5.18. The van der Waals surface area contributed by atoms with Gasteiger partial charge in [-0.3, -0.25) is 14.4 Å². The number of hydrogen-bond donors (Lipinski definition) is 2. The molecule has 1 saturated carbocycles. The molecule has 2 aromatic carbocycles. The van der Waals surface area contributed by atoms with Crippen LogP contribution in [0, 0.1) is 17.3 Å². The highest BCUT2D eigenvalue weighted by atomic mass is 16.5. The lowest BCUT2D eigenvalue weighted by molar-refractivity contribution is -0.125. The zero-order valence-corrected chi connectivity index (χ0v) is 15.1. The molecule has 2 aliphatic rings. The number of anilines is 1. The highest BCUT2D eigenvalue weighted by Crippen LogP contribution is 2.62. The number of ketones is 1. The summed E-state index contributed by atoms with van der Waals surface area (Å²) in [5.41, 5.74) is 0.847. The van der Waals surface area contributed by atoms with Crippen LogP contribution in [0.4, 0.5) is 5.69 Å². The third-order valence-electron chi connectivity index (χ3n) is 5.60. The second-order valence-corrected chi connectivity index (χ2v) is 7.17. The number of fused-ring (bicyclic) bond motifs is 2. The number of para-hydroxylation sites is 1. The van der Waals surface area contributed by atoms with E-state index in [-0.39, 0.29) is 17.6 Å². The van der Waals surface area contributed by atoms with Crippen LogP contribution in [-0.2, 0) is 16.1 Å². The largest absolute Gasteiger partial charge is 0.497 e. The lowest BCUT2D eigenvalue weighted by Gasteiger charge is -2.13. The van der Waals surface area contributed by atoms with Crippen molar-refractivity contribution >= 4 is 23.3 Å². The Balaban J connectivity index is 1.53. The Labute approximate surface area is 156 Å². The van der Waals surface area contributed by atoms with E-state index in [0.29, 0.717) is 23.5 Å². The van der Waals surface area contributed by atoms with Gasteiger partial charge >= 0.3 is 0 Å². The summed E-state index contributed by atoms with van der Waals surface area (Å²) in [4.78, 5) is 38.4. The minimum Gasteiger partial charge on any atom is -0.497 e. The molecule has 6 nitrogen and oxygen atoms in total. The third-order valence-corrected chi connectivity index (χ3v) is 5.60. The predicted octanol–water partition coefficient (Wildman–Crippen LogP) is 2.40. The van der Waals surface area contributed by atoms with Gasteiger partial charge in [0.2, 0.25) is 11.8 Å². The molecule has 2 amide bonds. The number of benzene rings is 2. The van der Waals surface area contributed by atoms with Crippen LogP contribution in [0.2, 0.25) is 0 Å². The first-order valence-electron chi connectivity index (χ1n) is 8.82. The van der Waals surface area contributed by atoms with E-state index in [4.69, 9.17) is 4.74 Å². The molecular weight excluding hydrogens is 344 g/mol. The van der Waals surface area contributed by atoms with Crippen molar-refractivity contribution in [1.82, 2.24) is 5.32 Å². The smallest absolute Gasteiger partial charge is 0.229 e. The fourth-order valence-electron chi connectivity index (χ4n) is 4.02. The average Bonchev–Trinajstić information content (AvgIpc) is 3.34. The van der Waals surface area contributed by atoms with Crippen molar-refractivity contribution in [2.75, 3.05) is 12.4 Å². The molecule has 1 aliphatic heterocycles. The zero-order chi connectivity index (χ0) is 19.2. The van der Waals surface area contributed by atoms with Crippen molar-refractivity contribution in [3.8, 4) is 5.75 Å². The van der Waals surface area contributed by atoms with Crippen LogP contribution in [0.15, 0.2) is 48.5 Å². The van der Waals surface area contributed by atoms with Gasteiger partial charge in [-0.2, -0.15) is 0 Å². The van der Waals surface area contributed by atoms with Crippen molar-refractivity contribution in [1.29, 1.82) is 0 Å². The summed E-state index contributed by atoms with van der Waals surface area (Å²) in [5, 5.41) is 5.64. The molecule has 2 N–H and O–H groups in total. The summed E-state index contributed by atoms with van der Waals surface area (Å²) in [6.07, 6.45) is 0. The number of hydrogen-bond acceptors (Lipinski definition) is 4. The molecular formula is C21H20N2O4. The highest BCUT2D eigenvalue weighted by Gasteiger charge is 2.73. The van der Waals surface area contributed by atoms with Gasteiger partial charge in [0.15, 0.2) is 5.78 Å². The molecule has 27 heavy (non-hydrogen) atoms. The standard InChI is InChI=1S/C21H20N2O4/c1-21-16(19(25)22-11-12-6-5-7-13(10-12)27-2)17(21)20(26)23-15-9-4-3-8-14(15)18(21)24/h3-10,16-17H,11H2,1-2H3,(H,22,25)(H,23,26)/t16-,17-,21+/m0/s1. The van der Waals surface area contributed by atoms with Gasteiger partial charge in [0.05, 0.1) is 30.0 Å². The first kappa shape index (κ1) is 17.3. The van der Waals surface area contributed by atoms with Gasteiger partial charge in [0, 0.05) is 12.1 Å². The maximum Gasteiger partial charge on any atom is 0.229 e. The average molecular weight is 364 g/mol. The molecule has 6 heteroatoms. The van der Waals surface area contributed by atoms with E-state index in [0.717, 1.165) is 5.56 Å². The Bertz CT molecular complexity index is 955. The third kappa shape index (κ3) is 2.68. The Morgan fingerprint density at radius 3 is 2.74 bits per heavy atom. The second kappa shape index (κ2) is 6.23. The van der Waals surface area contributed by atoms with E-state index in [1.54, 1.807) is 38.3 Å². The van der Waals surface area contributed by atoms with Crippen LogP contribution in [0.5, 0.6) is 5.75 Å². The van der Waals surface area contributed by atoms with Crippen LogP contribution in [-0.4, -0.2) is 24.7 Å². The molecule has 1 fully saturated rings. The van der Waals surface area contributed by atoms with E-state index >= 15 is 0 Å². The topological polar surface area (TPSA) is 84.5 Å². The molecule has 1 heterocycles. The number of carbonyl (C=O) groups is 3. The summed E-state index contributed by atoms with van der Waals surface area (Å²) in [7, 11) is 1.58. The van der Waals surface area contributed by atoms with Gasteiger partial charge in [-0.15, -0.1) is 0 Å². The molecule has 0 radical (unpaired) electrons. The zero-order valence-electron chi connectivity index (χ0n) is 15.1. The fourth-order valence-corrected chi connectivity index (χ4v) is 4.02. The maximum absolute atomic E-state index is 13.0. The molecule has 0 aromatic heterocycles. The summed E-state index contributed by atoms with van der Waals surface area (Å²) >= 11 is 0. The Kier molecular flexibility index (Phi) is 3.98. The van der Waals surface area contributed by atoms with E-state index in [1.165, 1.54) is 0 Å². The minimum atomic E-state index is -1.00. The van der Waals surface area contributed by atoms with Gasteiger partial charge in [0.1, 0.15) is 5.75 Å². The summed E-state index contributed by atoms with van der Waals surface area (Å²) in [6, 6.07) is 14.3. The van der Waals surface area contributed by atoms with Crippen LogP contribution < -0.4 is 15.4 Å².